The van der Waals surface area contributed by atoms with E-state index in [0.29, 0.717) is 6.04 Å². The highest BCUT2D eigenvalue weighted by molar-refractivity contribution is 4.92. The van der Waals surface area contributed by atoms with Gasteiger partial charge in [-0.25, -0.2) is 0 Å². The van der Waals surface area contributed by atoms with Crippen molar-refractivity contribution in [3.63, 3.8) is 0 Å². The molecule has 1 heterocycles. The number of rotatable bonds is 7. The predicted octanol–water partition coefficient (Wildman–Crippen LogP) is 3.79. The molecule has 2 N–H and O–H groups in total. The van der Waals surface area contributed by atoms with Crippen molar-refractivity contribution >= 4 is 0 Å². The highest BCUT2D eigenvalue weighted by atomic mass is 15.2. The van der Waals surface area contributed by atoms with Crippen LogP contribution in [0.25, 0.3) is 0 Å². The van der Waals surface area contributed by atoms with E-state index >= 15 is 0 Å². The average Bonchev–Trinajstić information content (AvgIpc) is 2.34. The van der Waals surface area contributed by atoms with Crippen molar-refractivity contribution < 1.29 is 0 Å². The van der Waals surface area contributed by atoms with Gasteiger partial charge in [0, 0.05) is 18.1 Å². The third-order valence-corrected chi connectivity index (χ3v) is 4.84. The van der Waals surface area contributed by atoms with Gasteiger partial charge in [0.2, 0.25) is 0 Å². The van der Waals surface area contributed by atoms with Gasteiger partial charge in [0.15, 0.2) is 0 Å². The lowest BCUT2D eigenvalue weighted by molar-refractivity contribution is 0.0189. The first-order valence-corrected chi connectivity index (χ1v) is 8.00. The number of hydrogen-bond acceptors (Lipinski definition) is 2. The Bertz CT molecular complexity index is 229. The minimum Gasteiger partial charge on any atom is -0.329 e. The van der Waals surface area contributed by atoms with E-state index in [1.54, 1.807) is 0 Å². The van der Waals surface area contributed by atoms with Crippen LogP contribution in [-0.4, -0.2) is 29.6 Å². The third-order valence-electron chi connectivity index (χ3n) is 4.84. The zero-order valence-electron chi connectivity index (χ0n) is 13.0. The van der Waals surface area contributed by atoms with Gasteiger partial charge in [0.1, 0.15) is 0 Å². The molecule has 1 saturated heterocycles. The average molecular weight is 254 g/mol. The van der Waals surface area contributed by atoms with Crippen LogP contribution in [0.1, 0.15) is 72.6 Å². The minimum atomic E-state index is 0.229. The lowest BCUT2D eigenvalue weighted by Crippen LogP contribution is -2.57. The maximum atomic E-state index is 6.11. The second-order valence-corrected chi connectivity index (χ2v) is 6.68. The van der Waals surface area contributed by atoms with Crippen molar-refractivity contribution in [2.75, 3.05) is 13.1 Å². The van der Waals surface area contributed by atoms with Gasteiger partial charge in [-0.05, 0) is 45.6 Å². The molecule has 3 unspecified atom stereocenters. The summed E-state index contributed by atoms with van der Waals surface area (Å²) in [7, 11) is 0. The van der Waals surface area contributed by atoms with Crippen LogP contribution < -0.4 is 5.73 Å². The molecule has 108 valence electrons. The van der Waals surface area contributed by atoms with Crippen molar-refractivity contribution in [2.24, 2.45) is 11.7 Å². The van der Waals surface area contributed by atoms with E-state index in [1.165, 1.54) is 51.5 Å². The Hall–Kier alpha value is -0.0800. The molecule has 0 saturated carbocycles. The summed E-state index contributed by atoms with van der Waals surface area (Å²) in [5, 5.41) is 0. The summed E-state index contributed by atoms with van der Waals surface area (Å²) in [4.78, 5) is 2.69. The first-order valence-electron chi connectivity index (χ1n) is 8.00. The summed E-state index contributed by atoms with van der Waals surface area (Å²) < 4.78 is 0. The van der Waals surface area contributed by atoms with Crippen LogP contribution in [0.5, 0.6) is 0 Å². The smallest absolute Gasteiger partial charge is 0.0306 e. The van der Waals surface area contributed by atoms with Gasteiger partial charge < -0.3 is 5.73 Å². The second kappa shape index (κ2) is 7.49. The van der Waals surface area contributed by atoms with Crippen LogP contribution >= 0.6 is 0 Å². The normalized spacial score (nSPS) is 29.2. The number of unbranched alkanes of at least 4 members (excludes halogenated alkanes) is 3. The Balaban J connectivity index is 2.51. The minimum absolute atomic E-state index is 0.229. The van der Waals surface area contributed by atoms with Crippen molar-refractivity contribution in [3.05, 3.63) is 0 Å². The molecule has 1 rings (SSSR count). The molecule has 0 spiro atoms. The van der Waals surface area contributed by atoms with Crippen LogP contribution in [0.2, 0.25) is 0 Å². The van der Waals surface area contributed by atoms with Crippen molar-refractivity contribution in [3.8, 4) is 0 Å². The first kappa shape index (κ1) is 16.0. The summed E-state index contributed by atoms with van der Waals surface area (Å²) in [6.45, 7) is 11.5. The Labute approximate surface area is 114 Å². The molecule has 0 aromatic rings. The maximum absolute atomic E-state index is 6.11. The molecular weight excluding hydrogens is 220 g/mol. The van der Waals surface area contributed by atoms with E-state index in [2.05, 4.69) is 32.6 Å². The van der Waals surface area contributed by atoms with Gasteiger partial charge in [0.25, 0.3) is 0 Å². The number of piperidine rings is 1. The number of nitrogens with zero attached hydrogens (tertiary/aromatic N) is 1. The Morgan fingerprint density at radius 1 is 1.22 bits per heavy atom. The summed E-state index contributed by atoms with van der Waals surface area (Å²) in [5.74, 6) is 0.887. The molecule has 0 aromatic heterocycles. The van der Waals surface area contributed by atoms with E-state index in [4.69, 9.17) is 5.73 Å². The van der Waals surface area contributed by atoms with E-state index in [0.717, 1.165) is 12.5 Å². The summed E-state index contributed by atoms with van der Waals surface area (Å²) in [6.07, 6.45) is 9.33. The van der Waals surface area contributed by atoms with Crippen molar-refractivity contribution in [1.29, 1.82) is 0 Å². The van der Waals surface area contributed by atoms with Crippen LogP contribution in [0.3, 0.4) is 0 Å². The molecule has 0 amide bonds. The fourth-order valence-electron chi connectivity index (χ4n) is 3.50. The van der Waals surface area contributed by atoms with Crippen LogP contribution in [0.15, 0.2) is 0 Å². The fraction of sp³-hybridized carbons (Fsp3) is 1.00. The van der Waals surface area contributed by atoms with Gasteiger partial charge >= 0.3 is 0 Å². The first-order chi connectivity index (χ1) is 8.53. The second-order valence-electron chi connectivity index (χ2n) is 6.68. The fourth-order valence-corrected chi connectivity index (χ4v) is 3.50. The Morgan fingerprint density at radius 3 is 2.50 bits per heavy atom. The highest BCUT2D eigenvalue weighted by Crippen LogP contribution is 2.31. The SMILES string of the molecule is CCCCCCC(C)(CN)N1CCC(C)CC1C. The molecule has 1 aliphatic rings. The van der Waals surface area contributed by atoms with Gasteiger partial charge in [-0.3, -0.25) is 4.90 Å². The topological polar surface area (TPSA) is 29.3 Å². The predicted molar refractivity (Wildman–Crippen MR) is 80.8 cm³/mol. The molecule has 0 bridgehead atoms. The molecule has 0 radical (unpaired) electrons. The molecule has 3 atom stereocenters. The lowest BCUT2D eigenvalue weighted by Gasteiger charge is -2.48. The highest BCUT2D eigenvalue weighted by Gasteiger charge is 2.35. The van der Waals surface area contributed by atoms with Crippen molar-refractivity contribution in [2.45, 2.75) is 84.2 Å². The molecule has 2 nitrogen and oxygen atoms in total. The zero-order chi connectivity index (χ0) is 13.6. The van der Waals surface area contributed by atoms with E-state index < -0.39 is 0 Å². The molecule has 0 aromatic carbocycles. The molecule has 18 heavy (non-hydrogen) atoms. The Morgan fingerprint density at radius 2 is 1.94 bits per heavy atom. The molecule has 2 heteroatoms. The van der Waals surface area contributed by atoms with Crippen molar-refractivity contribution in [1.82, 2.24) is 4.90 Å². The van der Waals surface area contributed by atoms with E-state index in [-0.39, 0.29) is 5.54 Å². The van der Waals surface area contributed by atoms with Gasteiger partial charge in [0.05, 0.1) is 0 Å². The zero-order valence-corrected chi connectivity index (χ0v) is 13.0. The Kier molecular flexibility index (Phi) is 6.65. The van der Waals surface area contributed by atoms with E-state index in [9.17, 15) is 0 Å². The number of hydrogen-bond donors (Lipinski definition) is 1. The lowest BCUT2D eigenvalue weighted by atomic mass is 9.85. The van der Waals surface area contributed by atoms with Gasteiger partial charge in [-0.15, -0.1) is 0 Å². The van der Waals surface area contributed by atoms with Crippen LogP contribution in [-0.2, 0) is 0 Å². The molecule has 1 aliphatic heterocycles. The quantitative estimate of drug-likeness (QED) is 0.700. The molecule has 0 aliphatic carbocycles. The molecular formula is C16H34N2. The maximum Gasteiger partial charge on any atom is 0.0306 e. The van der Waals surface area contributed by atoms with Crippen LogP contribution in [0.4, 0.5) is 0 Å². The van der Waals surface area contributed by atoms with Crippen LogP contribution in [0, 0.1) is 5.92 Å². The summed E-state index contributed by atoms with van der Waals surface area (Å²) in [6, 6.07) is 0.702. The number of nitrogens with two attached hydrogens (primary N) is 1. The van der Waals surface area contributed by atoms with E-state index in [1.807, 2.05) is 0 Å². The monoisotopic (exact) mass is 254 g/mol. The standard InChI is InChI=1S/C16H34N2/c1-5-6-7-8-10-16(4,13-17)18-11-9-14(2)12-15(18)3/h14-15H,5-13,17H2,1-4H3. The third kappa shape index (κ3) is 4.24. The largest absolute Gasteiger partial charge is 0.329 e. The van der Waals surface area contributed by atoms with Gasteiger partial charge in [-0.2, -0.15) is 0 Å². The van der Waals surface area contributed by atoms with Gasteiger partial charge in [-0.1, -0.05) is 39.5 Å². The number of likely N-dealkylation sites (tertiary alicyclic amines) is 1. The summed E-state index contributed by atoms with van der Waals surface area (Å²) >= 11 is 0. The summed E-state index contributed by atoms with van der Waals surface area (Å²) in [5.41, 5.74) is 6.34. The molecule has 1 fully saturated rings.